The summed E-state index contributed by atoms with van der Waals surface area (Å²) in [6.07, 6.45) is -3.98. The van der Waals surface area contributed by atoms with Gasteiger partial charge in [-0.1, -0.05) is 54.1 Å². The van der Waals surface area contributed by atoms with Crippen molar-refractivity contribution in [3.63, 3.8) is 0 Å². The molecular weight excluding hydrogens is 474 g/mol. The maximum atomic E-state index is 13.3. The van der Waals surface area contributed by atoms with Gasteiger partial charge in [0.05, 0.1) is 24.4 Å². The molecule has 4 nitrogen and oxygen atoms in total. The van der Waals surface area contributed by atoms with Crippen molar-refractivity contribution in [2.45, 2.75) is 24.7 Å². The van der Waals surface area contributed by atoms with Crippen LogP contribution in [0, 0.1) is 0 Å². The number of sulfone groups is 1. The van der Waals surface area contributed by atoms with Crippen LogP contribution < -0.4 is 0 Å². The van der Waals surface area contributed by atoms with Gasteiger partial charge in [-0.2, -0.15) is 13.2 Å². The second-order valence-corrected chi connectivity index (χ2v) is 10.1. The van der Waals surface area contributed by atoms with Crippen molar-refractivity contribution in [3.05, 3.63) is 70.2 Å². The van der Waals surface area contributed by atoms with Crippen LogP contribution in [0.1, 0.15) is 28.7 Å². The molecule has 2 aromatic carbocycles. The van der Waals surface area contributed by atoms with Gasteiger partial charge in [-0.25, -0.2) is 8.42 Å². The van der Waals surface area contributed by atoms with Gasteiger partial charge in [-0.3, -0.25) is 4.90 Å². The molecule has 0 amide bonds. The Morgan fingerprint density at radius 2 is 1.81 bits per heavy atom. The van der Waals surface area contributed by atoms with Crippen molar-refractivity contribution in [2.75, 3.05) is 31.7 Å². The zero-order valence-electron chi connectivity index (χ0n) is 16.8. The highest BCUT2D eigenvalue weighted by Crippen LogP contribution is 2.36. The Morgan fingerprint density at radius 1 is 1.16 bits per heavy atom. The molecule has 0 bridgehead atoms. The fraction of sp³-hybridized carbons (Fsp3) is 0.429. The maximum Gasteiger partial charge on any atom is 0.396 e. The molecule has 1 heterocycles. The van der Waals surface area contributed by atoms with Crippen molar-refractivity contribution in [1.29, 1.82) is 0 Å². The number of benzene rings is 2. The van der Waals surface area contributed by atoms with Crippen LogP contribution in [0.4, 0.5) is 13.2 Å². The molecule has 0 radical (unpaired) electrons. The number of ether oxygens (including phenoxy) is 1. The lowest BCUT2D eigenvalue weighted by Crippen LogP contribution is -2.37. The zero-order valence-corrected chi connectivity index (χ0v) is 19.2. The lowest BCUT2D eigenvalue weighted by molar-refractivity contribution is -0.145. The molecule has 2 aromatic rings. The first-order valence-corrected chi connectivity index (χ1v) is 11.9. The lowest BCUT2D eigenvalue weighted by atomic mass is 9.99. The van der Waals surface area contributed by atoms with Crippen molar-refractivity contribution >= 4 is 33.8 Å². The number of nitrogens with zero attached hydrogens (tertiary/aromatic N) is 1. The van der Waals surface area contributed by atoms with E-state index < -0.39 is 27.7 Å². The molecule has 1 unspecified atom stereocenters. The summed E-state index contributed by atoms with van der Waals surface area (Å²) in [6, 6.07) is 13.5. The minimum absolute atomic E-state index is 0. The van der Waals surface area contributed by atoms with Crippen LogP contribution in [0.2, 0.25) is 5.02 Å². The standard InChI is InChI=1S/C21H23ClF3NO3S.ClH/c1-30(27,28)14-18(21(23,24)25)16-8-6-15(7-9-16)12-26-10-11-29-20(13-26)17-4-2-3-5-19(17)22;/h2-9,18,20H,10-14H2,1H3;1H/t18-,20?;/m0./s1. The summed E-state index contributed by atoms with van der Waals surface area (Å²) in [6.45, 7) is 2.39. The lowest BCUT2D eigenvalue weighted by Gasteiger charge is -2.33. The summed E-state index contributed by atoms with van der Waals surface area (Å²) in [4.78, 5) is 2.16. The van der Waals surface area contributed by atoms with Gasteiger partial charge in [0.1, 0.15) is 9.84 Å². The number of halogens is 5. The van der Waals surface area contributed by atoms with Crippen LogP contribution in [0.15, 0.2) is 48.5 Å². The van der Waals surface area contributed by atoms with Gasteiger partial charge >= 0.3 is 6.18 Å². The molecule has 1 saturated heterocycles. The first-order chi connectivity index (χ1) is 14.0. The average Bonchev–Trinajstić information content (AvgIpc) is 2.66. The Balaban J connectivity index is 0.00000341. The van der Waals surface area contributed by atoms with Crippen molar-refractivity contribution in [3.8, 4) is 0 Å². The predicted molar refractivity (Wildman–Crippen MR) is 118 cm³/mol. The molecule has 3 rings (SSSR count). The Labute approximate surface area is 191 Å². The summed E-state index contributed by atoms with van der Waals surface area (Å²) < 4.78 is 68.8. The smallest absolute Gasteiger partial charge is 0.371 e. The minimum atomic E-state index is -4.63. The Bertz CT molecular complexity index is 969. The molecule has 172 valence electrons. The van der Waals surface area contributed by atoms with Gasteiger partial charge in [-0.05, 0) is 17.2 Å². The van der Waals surface area contributed by atoms with Crippen LogP contribution in [0.5, 0.6) is 0 Å². The SMILES string of the molecule is CS(=O)(=O)C[C@@H](c1ccc(CN2CCOC(c3ccccc3Cl)C2)cc1)C(F)(F)F.Cl. The van der Waals surface area contributed by atoms with E-state index in [1.165, 1.54) is 12.1 Å². The minimum Gasteiger partial charge on any atom is -0.371 e. The predicted octanol–water partition coefficient (Wildman–Crippen LogP) is 5.03. The first-order valence-electron chi connectivity index (χ1n) is 9.44. The fourth-order valence-electron chi connectivity index (χ4n) is 3.57. The van der Waals surface area contributed by atoms with E-state index in [1.54, 1.807) is 12.1 Å². The van der Waals surface area contributed by atoms with E-state index in [-0.39, 0.29) is 24.1 Å². The third kappa shape index (κ3) is 7.36. The molecule has 2 atom stereocenters. The van der Waals surface area contributed by atoms with Crippen molar-refractivity contribution in [1.82, 2.24) is 4.90 Å². The van der Waals surface area contributed by atoms with E-state index in [0.29, 0.717) is 31.3 Å². The van der Waals surface area contributed by atoms with E-state index in [0.717, 1.165) is 17.4 Å². The van der Waals surface area contributed by atoms with Crippen LogP contribution in [0.25, 0.3) is 0 Å². The summed E-state index contributed by atoms with van der Waals surface area (Å²) in [5, 5.41) is 0.637. The van der Waals surface area contributed by atoms with Crippen LogP contribution in [-0.4, -0.2) is 51.2 Å². The second-order valence-electron chi connectivity index (χ2n) is 7.54. The normalized spacial score (nSPS) is 18.9. The molecular formula is C21H24Cl2F3NO3S. The summed E-state index contributed by atoms with van der Waals surface area (Å²) in [5.74, 6) is -2.99. The molecule has 0 spiro atoms. The summed E-state index contributed by atoms with van der Waals surface area (Å²) >= 11 is 6.26. The zero-order chi connectivity index (χ0) is 21.9. The van der Waals surface area contributed by atoms with Gasteiger partial charge < -0.3 is 4.74 Å². The highest BCUT2D eigenvalue weighted by molar-refractivity contribution is 7.90. The number of hydrogen-bond donors (Lipinski definition) is 0. The van der Waals surface area contributed by atoms with Gasteiger partial charge in [0.15, 0.2) is 0 Å². The van der Waals surface area contributed by atoms with Gasteiger partial charge in [0.25, 0.3) is 0 Å². The Kier molecular flexibility index (Phi) is 8.81. The number of hydrogen-bond acceptors (Lipinski definition) is 4. The first kappa shape index (κ1) is 25.9. The largest absolute Gasteiger partial charge is 0.396 e. The topological polar surface area (TPSA) is 46.6 Å². The Hall–Kier alpha value is -1.32. The third-order valence-corrected chi connectivity index (χ3v) is 6.34. The highest BCUT2D eigenvalue weighted by Gasteiger charge is 2.42. The maximum absolute atomic E-state index is 13.3. The van der Waals surface area contributed by atoms with Crippen LogP contribution >= 0.6 is 24.0 Å². The molecule has 1 aliphatic heterocycles. The third-order valence-electron chi connectivity index (χ3n) is 5.06. The van der Waals surface area contributed by atoms with Crippen molar-refractivity contribution < 1.29 is 26.3 Å². The average molecular weight is 498 g/mol. The van der Waals surface area contributed by atoms with Gasteiger partial charge in [0.2, 0.25) is 0 Å². The van der Waals surface area contributed by atoms with Crippen molar-refractivity contribution in [2.24, 2.45) is 0 Å². The van der Waals surface area contributed by atoms with Gasteiger partial charge in [-0.15, -0.1) is 12.4 Å². The van der Waals surface area contributed by atoms with Crippen LogP contribution in [-0.2, 0) is 21.1 Å². The Morgan fingerprint density at radius 3 is 2.39 bits per heavy atom. The number of morpholine rings is 1. The molecule has 1 aliphatic rings. The quantitative estimate of drug-likeness (QED) is 0.561. The van der Waals surface area contributed by atoms with E-state index in [9.17, 15) is 21.6 Å². The number of alkyl halides is 3. The van der Waals surface area contributed by atoms with E-state index in [2.05, 4.69) is 4.90 Å². The van der Waals surface area contributed by atoms with E-state index >= 15 is 0 Å². The second kappa shape index (κ2) is 10.5. The van der Waals surface area contributed by atoms with E-state index in [1.807, 2.05) is 24.3 Å². The summed E-state index contributed by atoms with van der Waals surface area (Å²) in [5.41, 5.74) is 1.71. The molecule has 0 saturated carbocycles. The molecule has 0 aliphatic carbocycles. The van der Waals surface area contributed by atoms with Gasteiger partial charge in [0, 0.05) is 36.5 Å². The molecule has 0 N–H and O–H groups in total. The number of rotatable bonds is 6. The highest BCUT2D eigenvalue weighted by atomic mass is 35.5. The van der Waals surface area contributed by atoms with E-state index in [4.69, 9.17) is 16.3 Å². The fourth-order valence-corrected chi connectivity index (χ4v) is 4.81. The molecule has 0 aromatic heterocycles. The molecule has 1 fully saturated rings. The molecule has 10 heteroatoms. The summed E-state index contributed by atoms with van der Waals surface area (Å²) in [7, 11) is -3.78. The molecule has 31 heavy (non-hydrogen) atoms. The monoisotopic (exact) mass is 497 g/mol. The van der Waals surface area contributed by atoms with Crippen LogP contribution in [0.3, 0.4) is 0 Å².